The molecule has 0 atom stereocenters. The smallest absolute Gasteiger partial charge is 0.267 e. The molecule has 4 nitrogen and oxygen atoms in total. The van der Waals surface area contributed by atoms with E-state index in [1.54, 1.807) is 24.4 Å². The molecule has 1 aromatic heterocycles. The SMILES string of the molecule is Cc1ccc(C(=O)N(/N=C/c2ccc(Br)cc2)c2nc3ccc(F)cc3s2)cc1. The van der Waals surface area contributed by atoms with Crippen LogP contribution in [-0.2, 0) is 0 Å². The molecule has 0 spiro atoms. The molecule has 0 saturated heterocycles. The van der Waals surface area contributed by atoms with E-state index < -0.39 is 0 Å². The number of carbonyl (C=O) groups excluding carboxylic acids is 1. The summed E-state index contributed by atoms with van der Waals surface area (Å²) in [6, 6.07) is 19.2. The van der Waals surface area contributed by atoms with Gasteiger partial charge in [-0.25, -0.2) is 9.37 Å². The maximum Gasteiger partial charge on any atom is 0.280 e. The molecule has 0 aliphatic carbocycles. The second-order valence-corrected chi connectivity index (χ2v) is 8.31. The number of aromatic nitrogens is 1. The van der Waals surface area contributed by atoms with Crippen molar-refractivity contribution in [3.8, 4) is 0 Å². The number of aryl methyl sites for hydroxylation is 1. The van der Waals surface area contributed by atoms with Crippen LogP contribution in [0.5, 0.6) is 0 Å². The van der Waals surface area contributed by atoms with Crippen molar-refractivity contribution in [2.24, 2.45) is 5.10 Å². The van der Waals surface area contributed by atoms with Crippen molar-refractivity contribution >= 4 is 54.7 Å². The lowest BCUT2D eigenvalue weighted by atomic mass is 10.1. The van der Waals surface area contributed by atoms with Crippen LogP contribution in [0.1, 0.15) is 21.5 Å². The van der Waals surface area contributed by atoms with Gasteiger partial charge in [0.1, 0.15) is 5.82 Å². The van der Waals surface area contributed by atoms with Crippen LogP contribution in [0.2, 0.25) is 0 Å². The van der Waals surface area contributed by atoms with Crippen molar-refractivity contribution in [1.29, 1.82) is 0 Å². The van der Waals surface area contributed by atoms with E-state index in [0.717, 1.165) is 15.6 Å². The van der Waals surface area contributed by atoms with E-state index in [1.807, 2.05) is 43.3 Å². The van der Waals surface area contributed by atoms with Gasteiger partial charge >= 0.3 is 0 Å². The number of fused-ring (bicyclic) bond motifs is 1. The number of nitrogens with zero attached hydrogens (tertiary/aromatic N) is 3. The zero-order valence-electron chi connectivity index (χ0n) is 15.3. The minimum Gasteiger partial charge on any atom is -0.267 e. The van der Waals surface area contributed by atoms with E-state index in [0.29, 0.717) is 20.9 Å². The number of thiazole rings is 1. The van der Waals surface area contributed by atoms with Gasteiger partial charge in [-0.3, -0.25) is 4.79 Å². The quantitative estimate of drug-likeness (QED) is 0.265. The Balaban J connectivity index is 1.75. The summed E-state index contributed by atoms with van der Waals surface area (Å²) in [5.41, 5.74) is 3.00. The molecule has 0 fully saturated rings. The molecule has 0 saturated carbocycles. The lowest BCUT2D eigenvalue weighted by Crippen LogP contribution is -2.25. The summed E-state index contributed by atoms with van der Waals surface area (Å²) in [4.78, 5) is 17.7. The topological polar surface area (TPSA) is 45.6 Å². The molecule has 7 heteroatoms. The van der Waals surface area contributed by atoms with E-state index in [-0.39, 0.29) is 11.7 Å². The van der Waals surface area contributed by atoms with Gasteiger partial charge in [0.05, 0.1) is 16.4 Å². The Kier molecular flexibility index (Phi) is 5.51. The fourth-order valence-corrected chi connectivity index (χ4v) is 3.87. The van der Waals surface area contributed by atoms with Gasteiger partial charge in [0, 0.05) is 10.0 Å². The van der Waals surface area contributed by atoms with Crippen LogP contribution in [-0.4, -0.2) is 17.1 Å². The molecule has 3 aromatic carbocycles. The zero-order valence-corrected chi connectivity index (χ0v) is 17.7. The standard InChI is InChI=1S/C22H15BrFN3OS/c1-14-2-6-16(7-3-14)21(28)27(25-13-15-4-8-17(23)9-5-15)22-26-19-11-10-18(24)12-20(19)29-22/h2-13H,1H3/b25-13+. The van der Waals surface area contributed by atoms with Crippen LogP contribution in [0.4, 0.5) is 9.52 Å². The van der Waals surface area contributed by atoms with Crippen LogP contribution in [0.3, 0.4) is 0 Å². The third-order valence-electron chi connectivity index (χ3n) is 4.20. The first kappa shape index (κ1) is 19.4. The van der Waals surface area contributed by atoms with Gasteiger partial charge in [-0.05, 0) is 55.0 Å². The van der Waals surface area contributed by atoms with Crippen molar-refractivity contribution in [2.75, 3.05) is 5.01 Å². The molecule has 4 rings (SSSR count). The average Bonchev–Trinajstić information content (AvgIpc) is 3.12. The van der Waals surface area contributed by atoms with E-state index in [9.17, 15) is 9.18 Å². The number of halogens is 2. The third-order valence-corrected chi connectivity index (χ3v) is 5.73. The van der Waals surface area contributed by atoms with Crippen molar-refractivity contribution < 1.29 is 9.18 Å². The maximum atomic E-state index is 13.6. The summed E-state index contributed by atoms with van der Waals surface area (Å²) in [7, 11) is 0. The number of hydrazone groups is 1. The van der Waals surface area contributed by atoms with Crippen molar-refractivity contribution in [3.63, 3.8) is 0 Å². The molecular formula is C22H15BrFN3OS. The van der Waals surface area contributed by atoms with Crippen LogP contribution < -0.4 is 5.01 Å². The highest BCUT2D eigenvalue weighted by molar-refractivity contribution is 9.10. The van der Waals surface area contributed by atoms with Gasteiger partial charge in [-0.15, -0.1) is 0 Å². The number of carbonyl (C=O) groups is 1. The van der Waals surface area contributed by atoms with Gasteiger partial charge in [0.2, 0.25) is 5.13 Å². The van der Waals surface area contributed by atoms with Gasteiger partial charge in [0.15, 0.2) is 0 Å². The van der Waals surface area contributed by atoms with Gasteiger partial charge in [0.25, 0.3) is 5.91 Å². The predicted molar refractivity (Wildman–Crippen MR) is 119 cm³/mol. The van der Waals surface area contributed by atoms with Gasteiger partial charge in [-0.2, -0.15) is 10.1 Å². The highest BCUT2D eigenvalue weighted by Crippen LogP contribution is 2.30. The van der Waals surface area contributed by atoms with Gasteiger partial charge in [-0.1, -0.05) is 57.1 Å². The number of amides is 1. The van der Waals surface area contributed by atoms with Crippen LogP contribution in [0.15, 0.2) is 76.3 Å². The molecule has 0 aliphatic rings. The van der Waals surface area contributed by atoms with Crippen molar-refractivity contribution in [3.05, 3.63) is 93.7 Å². The second-order valence-electron chi connectivity index (χ2n) is 6.39. The summed E-state index contributed by atoms with van der Waals surface area (Å²) < 4.78 is 15.2. The van der Waals surface area contributed by atoms with E-state index in [1.165, 1.54) is 28.5 Å². The number of hydrogen-bond donors (Lipinski definition) is 0. The summed E-state index contributed by atoms with van der Waals surface area (Å²) in [6.45, 7) is 1.96. The molecule has 0 unspecified atom stereocenters. The van der Waals surface area contributed by atoms with Crippen LogP contribution >= 0.6 is 27.3 Å². The molecule has 1 heterocycles. The fourth-order valence-electron chi connectivity index (χ4n) is 2.66. The van der Waals surface area contributed by atoms with E-state index >= 15 is 0 Å². The summed E-state index contributed by atoms with van der Waals surface area (Å²) in [6.07, 6.45) is 1.60. The first-order chi connectivity index (χ1) is 14.0. The summed E-state index contributed by atoms with van der Waals surface area (Å²) in [5, 5.41) is 6.05. The van der Waals surface area contributed by atoms with E-state index in [2.05, 4.69) is 26.0 Å². The number of hydrogen-bond acceptors (Lipinski definition) is 4. The highest BCUT2D eigenvalue weighted by atomic mass is 79.9. The monoisotopic (exact) mass is 467 g/mol. The van der Waals surface area contributed by atoms with Gasteiger partial charge < -0.3 is 0 Å². The third kappa shape index (κ3) is 4.41. The minimum atomic E-state index is -0.345. The number of benzene rings is 3. The Bertz CT molecular complexity index is 1200. The van der Waals surface area contributed by atoms with E-state index in [4.69, 9.17) is 0 Å². The first-order valence-electron chi connectivity index (χ1n) is 8.76. The zero-order chi connectivity index (χ0) is 20.4. The van der Waals surface area contributed by atoms with Crippen molar-refractivity contribution in [1.82, 2.24) is 4.98 Å². The average molecular weight is 468 g/mol. The Morgan fingerprint density at radius 1 is 1.10 bits per heavy atom. The molecule has 0 radical (unpaired) electrons. The first-order valence-corrected chi connectivity index (χ1v) is 10.4. The molecule has 0 N–H and O–H groups in total. The minimum absolute atomic E-state index is 0.308. The lowest BCUT2D eigenvalue weighted by Gasteiger charge is -2.14. The predicted octanol–water partition coefficient (Wildman–Crippen LogP) is 6.19. The van der Waals surface area contributed by atoms with Crippen molar-refractivity contribution in [2.45, 2.75) is 6.92 Å². The Morgan fingerprint density at radius 3 is 2.55 bits per heavy atom. The molecule has 29 heavy (non-hydrogen) atoms. The molecular weight excluding hydrogens is 453 g/mol. The molecule has 144 valence electrons. The molecule has 4 aromatic rings. The Morgan fingerprint density at radius 2 is 1.83 bits per heavy atom. The molecule has 1 amide bonds. The van der Waals surface area contributed by atoms with Crippen LogP contribution in [0.25, 0.3) is 10.2 Å². The number of rotatable bonds is 4. The molecule has 0 bridgehead atoms. The largest absolute Gasteiger partial charge is 0.280 e. The second kappa shape index (κ2) is 8.23. The molecule has 0 aliphatic heterocycles. The highest BCUT2D eigenvalue weighted by Gasteiger charge is 2.21. The Labute approximate surface area is 179 Å². The summed E-state index contributed by atoms with van der Waals surface area (Å²) in [5.74, 6) is -0.652. The normalized spacial score (nSPS) is 11.3. The number of anilines is 1. The maximum absolute atomic E-state index is 13.6. The lowest BCUT2D eigenvalue weighted by molar-refractivity contribution is 0.0988. The summed E-state index contributed by atoms with van der Waals surface area (Å²) >= 11 is 4.62. The Hall–Kier alpha value is -2.90. The van der Waals surface area contributed by atoms with Crippen LogP contribution in [0, 0.1) is 12.7 Å². The fraction of sp³-hybridized carbons (Fsp3) is 0.0455.